The van der Waals surface area contributed by atoms with Gasteiger partial charge in [0.1, 0.15) is 12.2 Å². The van der Waals surface area contributed by atoms with Crippen LogP contribution in [0.5, 0.6) is 0 Å². The van der Waals surface area contributed by atoms with Gasteiger partial charge < -0.3 is 14.2 Å². The summed E-state index contributed by atoms with van der Waals surface area (Å²) in [5, 5.41) is 0. The molecule has 0 heterocycles. The molecule has 0 N–H and O–H groups in total. The Bertz CT molecular complexity index is 674. The second kappa shape index (κ2) is 8.87. The van der Waals surface area contributed by atoms with Gasteiger partial charge in [-0.3, -0.25) is 18.6 Å². The average Bonchev–Trinajstić information content (AvgIpc) is 2.48. The molecule has 27 heavy (non-hydrogen) atoms. The Morgan fingerprint density at radius 3 is 2.00 bits per heavy atom. The molecular weight excluding hydrogens is 401 g/mol. The molecular formula is C14H19F3O9S. The maximum Gasteiger partial charge on any atom is 0.523 e. The van der Waals surface area contributed by atoms with E-state index in [-0.39, 0.29) is 19.4 Å². The van der Waals surface area contributed by atoms with E-state index in [1.54, 1.807) is 0 Å². The fourth-order valence-corrected chi connectivity index (χ4v) is 3.25. The molecule has 4 atom stereocenters. The van der Waals surface area contributed by atoms with Gasteiger partial charge in [0.2, 0.25) is 0 Å². The van der Waals surface area contributed by atoms with E-state index in [1.165, 1.54) is 6.92 Å². The van der Waals surface area contributed by atoms with Gasteiger partial charge in [0.05, 0.1) is 12.5 Å². The van der Waals surface area contributed by atoms with Crippen LogP contribution in [0.1, 0.15) is 33.6 Å². The van der Waals surface area contributed by atoms with E-state index < -0.39 is 57.8 Å². The van der Waals surface area contributed by atoms with Crippen molar-refractivity contribution in [1.29, 1.82) is 0 Å². The fraction of sp³-hybridized carbons (Fsp3) is 0.786. The summed E-state index contributed by atoms with van der Waals surface area (Å²) in [4.78, 5) is 34.7. The predicted molar refractivity (Wildman–Crippen MR) is 80.3 cm³/mol. The molecule has 0 amide bonds. The Balaban J connectivity index is 3.32. The molecule has 0 aliphatic heterocycles. The van der Waals surface area contributed by atoms with E-state index in [4.69, 9.17) is 14.2 Å². The van der Waals surface area contributed by atoms with Crippen molar-refractivity contribution in [1.82, 2.24) is 0 Å². The Kier molecular flexibility index (Phi) is 7.60. The van der Waals surface area contributed by atoms with Gasteiger partial charge in [-0.2, -0.15) is 21.6 Å². The van der Waals surface area contributed by atoms with Crippen LogP contribution in [-0.2, 0) is 42.9 Å². The first-order valence-electron chi connectivity index (χ1n) is 7.80. The normalized spacial score (nSPS) is 26.1. The monoisotopic (exact) mass is 420 g/mol. The minimum Gasteiger partial charge on any atom is -0.466 e. The van der Waals surface area contributed by atoms with Crippen molar-refractivity contribution in [2.75, 3.05) is 6.61 Å². The molecule has 156 valence electrons. The molecule has 0 saturated heterocycles. The maximum absolute atomic E-state index is 12.7. The van der Waals surface area contributed by atoms with Crippen LogP contribution in [0.25, 0.3) is 0 Å². The lowest BCUT2D eigenvalue weighted by Crippen LogP contribution is -2.55. The fourth-order valence-electron chi connectivity index (χ4n) is 2.61. The number of carbonyl (C=O) groups is 3. The molecule has 0 aromatic rings. The molecule has 0 bridgehead atoms. The summed E-state index contributed by atoms with van der Waals surface area (Å²) in [6, 6.07) is 0. The number of halogens is 3. The molecule has 1 aliphatic rings. The molecule has 0 radical (unpaired) electrons. The third kappa shape index (κ3) is 6.06. The summed E-state index contributed by atoms with van der Waals surface area (Å²) in [6.07, 6.45) is -5.64. The highest BCUT2D eigenvalue weighted by Gasteiger charge is 2.55. The lowest BCUT2D eigenvalue weighted by molar-refractivity contribution is -0.186. The van der Waals surface area contributed by atoms with Gasteiger partial charge in [-0.1, -0.05) is 0 Å². The SMILES string of the molecule is CCOC(=O)[C@H]1CC[C@H](OC(C)=O)[C@@H](OS(=O)(=O)C(F)(F)F)[C@@H]1OC(C)=O. The van der Waals surface area contributed by atoms with Gasteiger partial charge in [-0.05, 0) is 19.8 Å². The van der Waals surface area contributed by atoms with E-state index >= 15 is 0 Å². The first kappa shape index (κ1) is 23.1. The molecule has 1 saturated carbocycles. The summed E-state index contributed by atoms with van der Waals surface area (Å²) in [7, 11) is -6.13. The summed E-state index contributed by atoms with van der Waals surface area (Å²) in [5.74, 6) is -4.14. The van der Waals surface area contributed by atoms with E-state index in [0.29, 0.717) is 0 Å². The third-order valence-corrected chi connectivity index (χ3v) is 4.62. The molecule has 1 rings (SSSR count). The zero-order valence-corrected chi connectivity index (χ0v) is 15.5. The third-order valence-electron chi connectivity index (χ3n) is 3.58. The first-order valence-corrected chi connectivity index (χ1v) is 9.21. The Hall–Kier alpha value is -1.89. The Morgan fingerprint density at radius 2 is 1.56 bits per heavy atom. The van der Waals surface area contributed by atoms with Gasteiger partial charge in [0, 0.05) is 13.8 Å². The van der Waals surface area contributed by atoms with Crippen molar-refractivity contribution in [2.45, 2.75) is 57.4 Å². The van der Waals surface area contributed by atoms with Crippen LogP contribution in [0.3, 0.4) is 0 Å². The lowest BCUT2D eigenvalue weighted by Gasteiger charge is -2.39. The maximum atomic E-state index is 12.7. The van der Waals surface area contributed by atoms with Crippen molar-refractivity contribution in [3.8, 4) is 0 Å². The zero-order valence-electron chi connectivity index (χ0n) is 14.6. The number of hydrogen-bond donors (Lipinski definition) is 0. The van der Waals surface area contributed by atoms with Crippen molar-refractivity contribution in [3.05, 3.63) is 0 Å². The minimum atomic E-state index is -6.13. The van der Waals surface area contributed by atoms with Crippen LogP contribution in [0.2, 0.25) is 0 Å². The van der Waals surface area contributed by atoms with E-state index in [9.17, 15) is 36.0 Å². The van der Waals surface area contributed by atoms with Crippen molar-refractivity contribution in [2.24, 2.45) is 5.92 Å². The molecule has 1 aliphatic carbocycles. The van der Waals surface area contributed by atoms with Crippen LogP contribution >= 0.6 is 0 Å². The predicted octanol–water partition coefficient (Wildman–Crippen LogP) is 1.06. The molecule has 0 unspecified atom stereocenters. The number of carbonyl (C=O) groups excluding carboxylic acids is 3. The smallest absolute Gasteiger partial charge is 0.466 e. The molecule has 1 fully saturated rings. The Morgan fingerprint density at radius 1 is 1.00 bits per heavy atom. The summed E-state index contributed by atoms with van der Waals surface area (Å²) < 4.78 is 79.7. The number of esters is 3. The summed E-state index contributed by atoms with van der Waals surface area (Å²) in [5.41, 5.74) is -5.77. The van der Waals surface area contributed by atoms with Crippen LogP contribution in [0.15, 0.2) is 0 Å². The van der Waals surface area contributed by atoms with Gasteiger partial charge in [-0.15, -0.1) is 0 Å². The van der Waals surface area contributed by atoms with Crippen LogP contribution in [0, 0.1) is 5.92 Å². The molecule has 13 heteroatoms. The number of hydrogen-bond acceptors (Lipinski definition) is 9. The van der Waals surface area contributed by atoms with Gasteiger partial charge >= 0.3 is 33.5 Å². The van der Waals surface area contributed by atoms with E-state index in [0.717, 1.165) is 13.8 Å². The minimum absolute atomic E-state index is 0.0676. The highest BCUT2D eigenvalue weighted by atomic mass is 32.2. The number of rotatable bonds is 6. The number of alkyl halides is 3. The zero-order chi connectivity index (χ0) is 21.0. The largest absolute Gasteiger partial charge is 0.523 e. The Labute approximate surface area is 153 Å². The lowest BCUT2D eigenvalue weighted by atomic mass is 9.82. The van der Waals surface area contributed by atoms with Crippen LogP contribution in [0.4, 0.5) is 13.2 Å². The number of ether oxygens (including phenoxy) is 3. The van der Waals surface area contributed by atoms with E-state index in [1.807, 2.05) is 0 Å². The highest BCUT2D eigenvalue weighted by Crippen LogP contribution is 2.36. The molecule has 0 spiro atoms. The van der Waals surface area contributed by atoms with E-state index in [2.05, 4.69) is 4.18 Å². The second-order valence-electron chi connectivity index (χ2n) is 5.62. The first-order chi connectivity index (χ1) is 12.3. The van der Waals surface area contributed by atoms with Gasteiger partial charge in [-0.25, -0.2) is 0 Å². The van der Waals surface area contributed by atoms with Crippen molar-refractivity contribution < 1.29 is 54.4 Å². The van der Waals surface area contributed by atoms with Crippen LogP contribution in [-0.4, -0.2) is 56.8 Å². The standard InChI is InChI=1S/C14H19F3O9S/c1-4-23-13(20)9-5-6-10(24-7(2)18)12(11(9)25-8(3)19)26-27(21,22)14(15,16)17/h9-12H,4-6H2,1-3H3/t9-,10-,11+,12+/m0/s1. The van der Waals surface area contributed by atoms with Crippen LogP contribution < -0.4 is 0 Å². The second-order valence-corrected chi connectivity index (χ2v) is 7.18. The highest BCUT2D eigenvalue weighted by molar-refractivity contribution is 7.87. The van der Waals surface area contributed by atoms with Gasteiger partial charge in [0.15, 0.2) is 6.10 Å². The average molecular weight is 420 g/mol. The van der Waals surface area contributed by atoms with Gasteiger partial charge in [0.25, 0.3) is 0 Å². The molecule has 9 nitrogen and oxygen atoms in total. The topological polar surface area (TPSA) is 122 Å². The summed E-state index contributed by atoms with van der Waals surface area (Å²) >= 11 is 0. The van der Waals surface area contributed by atoms with Crippen molar-refractivity contribution >= 4 is 28.0 Å². The molecule has 0 aromatic heterocycles. The summed E-state index contributed by atoms with van der Waals surface area (Å²) in [6.45, 7) is 3.27. The quantitative estimate of drug-likeness (QED) is 0.269. The van der Waals surface area contributed by atoms with Crippen molar-refractivity contribution in [3.63, 3.8) is 0 Å². The molecule has 0 aromatic carbocycles.